The molecule has 2 rings (SSSR count). The van der Waals surface area contributed by atoms with E-state index in [1.165, 1.54) is 48.6 Å². The van der Waals surface area contributed by atoms with Crippen LogP contribution >= 0.6 is 0 Å². The van der Waals surface area contributed by atoms with Crippen molar-refractivity contribution in [3.63, 3.8) is 0 Å². The number of phenols is 2. The van der Waals surface area contributed by atoms with Crippen molar-refractivity contribution < 1.29 is 30.0 Å². The average molecular weight is 326 g/mol. The van der Waals surface area contributed by atoms with Crippen molar-refractivity contribution in [3.05, 3.63) is 59.7 Å². The molecule has 0 aliphatic carbocycles. The average Bonchev–Trinajstić information content (AvgIpc) is 2.53. The Hall–Kier alpha value is -3.54. The third kappa shape index (κ3) is 4.23. The smallest absolute Gasteiger partial charge is 0.328 e. The van der Waals surface area contributed by atoms with Crippen molar-refractivity contribution in [1.29, 1.82) is 0 Å². The highest BCUT2D eigenvalue weighted by molar-refractivity contribution is 5.87. The largest absolute Gasteiger partial charge is 0.507 e. The first-order valence-corrected chi connectivity index (χ1v) is 6.85. The van der Waals surface area contributed by atoms with Gasteiger partial charge in [0.1, 0.15) is 11.5 Å². The second-order valence-corrected chi connectivity index (χ2v) is 4.90. The van der Waals surface area contributed by atoms with Crippen LogP contribution in [0.5, 0.6) is 11.5 Å². The lowest BCUT2D eigenvalue weighted by molar-refractivity contribution is -0.132. The van der Waals surface area contributed by atoms with Gasteiger partial charge in [-0.15, -0.1) is 0 Å². The molecule has 0 amide bonds. The van der Waals surface area contributed by atoms with Crippen LogP contribution in [0.3, 0.4) is 0 Å². The summed E-state index contributed by atoms with van der Waals surface area (Å²) in [5, 5.41) is 37.4. The maximum absolute atomic E-state index is 10.6. The summed E-state index contributed by atoms with van der Waals surface area (Å²) in [6.45, 7) is 0. The Morgan fingerprint density at radius 3 is 1.42 bits per heavy atom. The van der Waals surface area contributed by atoms with Gasteiger partial charge in [0.05, 0.1) is 0 Å². The SMILES string of the molecule is O=C(O)C=Cc1ccc(O)c(-c2cc(C=CC(=O)O)ccc2O)c1. The van der Waals surface area contributed by atoms with E-state index in [-0.39, 0.29) is 11.5 Å². The molecule has 0 aliphatic rings. The first-order valence-electron chi connectivity index (χ1n) is 6.85. The van der Waals surface area contributed by atoms with E-state index in [2.05, 4.69) is 0 Å². The number of carbonyl (C=O) groups is 2. The van der Waals surface area contributed by atoms with Gasteiger partial charge in [0.2, 0.25) is 0 Å². The number of carboxylic acid groups (broad SMARTS) is 2. The molecule has 0 aliphatic heterocycles. The fourth-order valence-electron chi connectivity index (χ4n) is 2.08. The van der Waals surface area contributed by atoms with E-state index >= 15 is 0 Å². The van der Waals surface area contributed by atoms with E-state index in [0.29, 0.717) is 22.3 Å². The van der Waals surface area contributed by atoms with E-state index in [0.717, 1.165) is 12.2 Å². The Kier molecular flexibility index (Phi) is 5.01. The number of carboxylic acids is 2. The molecule has 0 atom stereocenters. The van der Waals surface area contributed by atoms with Gasteiger partial charge in [0.25, 0.3) is 0 Å². The fraction of sp³-hybridized carbons (Fsp3) is 0. The zero-order chi connectivity index (χ0) is 17.7. The van der Waals surface area contributed by atoms with Crippen molar-refractivity contribution in [1.82, 2.24) is 0 Å². The predicted octanol–water partition coefficient (Wildman–Crippen LogP) is 2.96. The quantitative estimate of drug-likeness (QED) is 0.628. The van der Waals surface area contributed by atoms with Crippen LogP contribution < -0.4 is 0 Å². The topological polar surface area (TPSA) is 115 Å². The summed E-state index contributed by atoms with van der Waals surface area (Å²) in [5.41, 5.74) is 1.64. The molecule has 0 aromatic heterocycles. The van der Waals surface area contributed by atoms with Crippen LogP contribution in [0.25, 0.3) is 23.3 Å². The minimum Gasteiger partial charge on any atom is -0.507 e. The van der Waals surface area contributed by atoms with Crippen LogP contribution in [0, 0.1) is 0 Å². The predicted molar refractivity (Wildman–Crippen MR) is 88.5 cm³/mol. The molecule has 2 aromatic rings. The fourth-order valence-corrected chi connectivity index (χ4v) is 2.08. The van der Waals surface area contributed by atoms with E-state index in [1.54, 1.807) is 0 Å². The Morgan fingerprint density at radius 1 is 0.708 bits per heavy atom. The summed E-state index contributed by atoms with van der Waals surface area (Å²) in [6, 6.07) is 8.88. The Bertz CT molecular complexity index is 777. The summed E-state index contributed by atoms with van der Waals surface area (Å²) in [4.78, 5) is 21.2. The number of hydrogen-bond acceptors (Lipinski definition) is 4. The molecule has 0 saturated heterocycles. The highest BCUT2D eigenvalue weighted by atomic mass is 16.4. The molecule has 24 heavy (non-hydrogen) atoms. The van der Waals surface area contributed by atoms with Gasteiger partial charge >= 0.3 is 11.9 Å². The summed E-state index contributed by atoms with van der Waals surface area (Å²) >= 11 is 0. The van der Waals surface area contributed by atoms with Gasteiger partial charge in [0.15, 0.2) is 0 Å². The molecule has 6 heteroatoms. The molecule has 122 valence electrons. The van der Waals surface area contributed by atoms with E-state index in [1.807, 2.05) is 0 Å². The Morgan fingerprint density at radius 2 is 1.08 bits per heavy atom. The zero-order valence-electron chi connectivity index (χ0n) is 12.4. The van der Waals surface area contributed by atoms with Gasteiger partial charge in [-0.2, -0.15) is 0 Å². The lowest BCUT2D eigenvalue weighted by Crippen LogP contribution is -1.88. The Balaban J connectivity index is 2.50. The molecule has 0 spiro atoms. The molecule has 0 heterocycles. The van der Waals surface area contributed by atoms with Crippen molar-refractivity contribution in [2.75, 3.05) is 0 Å². The Labute approximate surface area is 137 Å². The highest BCUT2D eigenvalue weighted by Crippen LogP contribution is 2.37. The maximum atomic E-state index is 10.6. The summed E-state index contributed by atoms with van der Waals surface area (Å²) in [7, 11) is 0. The van der Waals surface area contributed by atoms with E-state index in [4.69, 9.17) is 10.2 Å². The molecule has 4 N–H and O–H groups in total. The first-order chi connectivity index (χ1) is 11.4. The van der Waals surface area contributed by atoms with Crippen LogP contribution in [0.15, 0.2) is 48.6 Å². The number of rotatable bonds is 5. The normalized spacial score (nSPS) is 11.2. The van der Waals surface area contributed by atoms with Crippen LogP contribution in [-0.4, -0.2) is 32.4 Å². The van der Waals surface area contributed by atoms with Crippen LogP contribution in [-0.2, 0) is 9.59 Å². The van der Waals surface area contributed by atoms with Crippen molar-refractivity contribution in [2.45, 2.75) is 0 Å². The minimum absolute atomic E-state index is 0.0999. The third-order valence-corrected chi connectivity index (χ3v) is 3.17. The molecular weight excluding hydrogens is 312 g/mol. The van der Waals surface area contributed by atoms with Crippen molar-refractivity contribution in [2.24, 2.45) is 0 Å². The maximum Gasteiger partial charge on any atom is 0.328 e. The molecule has 6 nitrogen and oxygen atoms in total. The van der Waals surface area contributed by atoms with Crippen LogP contribution in [0.1, 0.15) is 11.1 Å². The van der Waals surface area contributed by atoms with Gasteiger partial charge in [-0.25, -0.2) is 9.59 Å². The van der Waals surface area contributed by atoms with E-state index < -0.39 is 11.9 Å². The second kappa shape index (κ2) is 7.15. The third-order valence-electron chi connectivity index (χ3n) is 3.17. The van der Waals surface area contributed by atoms with Gasteiger partial charge in [-0.1, -0.05) is 12.1 Å². The molecular formula is C18H14O6. The van der Waals surface area contributed by atoms with Gasteiger partial charge in [-0.3, -0.25) is 0 Å². The van der Waals surface area contributed by atoms with Crippen LogP contribution in [0.2, 0.25) is 0 Å². The summed E-state index contributed by atoms with van der Waals surface area (Å²) in [6.07, 6.45) is 4.64. The lowest BCUT2D eigenvalue weighted by atomic mass is 9.98. The van der Waals surface area contributed by atoms with Gasteiger partial charge in [-0.05, 0) is 47.5 Å². The van der Waals surface area contributed by atoms with Crippen LogP contribution in [0.4, 0.5) is 0 Å². The standard InChI is InChI=1S/C18H14O6/c19-15-5-1-11(3-7-17(21)22)9-13(15)14-10-12(2-6-16(14)20)4-8-18(23)24/h1-10,19-20H,(H,21,22)(H,23,24). The molecule has 2 aromatic carbocycles. The van der Waals surface area contributed by atoms with Gasteiger partial charge in [0, 0.05) is 23.3 Å². The number of phenolic OH excluding ortho intramolecular Hbond substituents is 2. The summed E-state index contributed by atoms with van der Waals surface area (Å²) < 4.78 is 0. The van der Waals surface area contributed by atoms with E-state index in [9.17, 15) is 19.8 Å². The number of aliphatic carboxylic acids is 2. The summed E-state index contributed by atoms with van der Waals surface area (Å²) in [5.74, 6) is -2.41. The van der Waals surface area contributed by atoms with Crippen molar-refractivity contribution >= 4 is 24.1 Å². The zero-order valence-corrected chi connectivity index (χ0v) is 12.4. The highest BCUT2D eigenvalue weighted by Gasteiger charge is 2.10. The number of aromatic hydroxyl groups is 2. The van der Waals surface area contributed by atoms with Crippen molar-refractivity contribution in [3.8, 4) is 22.6 Å². The molecule has 0 saturated carbocycles. The minimum atomic E-state index is -1.10. The first kappa shape index (κ1) is 16.8. The lowest BCUT2D eigenvalue weighted by Gasteiger charge is -2.09. The van der Waals surface area contributed by atoms with Gasteiger partial charge < -0.3 is 20.4 Å². The molecule has 0 fully saturated rings. The number of hydrogen-bond donors (Lipinski definition) is 4. The molecule has 0 unspecified atom stereocenters. The monoisotopic (exact) mass is 326 g/mol. The molecule has 0 bridgehead atoms. The molecule has 0 radical (unpaired) electrons. The number of benzene rings is 2. The second-order valence-electron chi connectivity index (χ2n) is 4.90.